The van der Waals surface area contributed by atoms with Gasteiger partial charge in [0.25, 0.3) is 0 Å². The molecule has 2 aromatic rings. The maximum absolute atomic E-state index is 6.32. The van der Waals surface area contributed by atoms with Crippen LogP contribution in [0.1, 0.15) is 38.9 Å². The Morgan fingerprint density at radius 1 is 1.37 bits per heavy atom. The number of halogens is 1. The minimum absolute atomic E-state index is 0.295. The molecule has 1 unspecified atom stereocenters. The summed E-state index contributed by atoms with van der Waals surface area (Å²) in [6.07, 6.45) is 1.05. The fraction of sp³-hybridized carbons (Fsp3) is 0.533. The highest BCUT2D eigenvalue weighted by Gasteiger charge is 2.20. The molecule has 4 heteroatoms. The zero-order chi connectivity index (χ0) is 14.0. The number of benzene rings is 1. The second-order valence-corrected chi connectivity index (χ2v) is 5.79. The van der Waals surface area contributed by atoms with Crippen LogP contribution in [0.2, 0.25) is 5.02 Å². The lowest BCUT2D eigenvalue weighted by molar-refractivity contribution is 0.474. The molecule has 2 rings (SSSR count). The van der Waals surface area contributed by atoms with E-state index in [1.54, 1.807) is 0 Å². The van der Waals surface area contributed by atoms with Crippen molar-refractivity contribution in [2.45, 2.75) is 39.7 Å². The van der Waals surface area contributed by atoms with Gasteiger partial charge < -0.3 is 10.3 Å². The van der Waals surface area contributed by atoms with E-state index in [1.165, 1.54) is 0 Å². The number of nitrogens with two attached hydrogens (primary N) is 1. The molecule has 1 heterocycles. The van der Waals surface area contributed by atoms with E-state index in [0.717, 1.165) is 34.8 Å². The van der Waals surface area contributed by atoms with Crippen molar-refractivity contribution in [3.63, 3.8) is 0 Å². The minimum atomic E-state index is 0.295. The number of rotatable bonds is 5. The van der Waals surface area contributed by atoms with Crippen molar-refractivity contribution in [3.8, 4) is 0 Å². The first-order valence-electron chi connectivity index (χ1n) is 6.93. The monoisotopic (exact) mass is 279 g/mol. The molecular weight excluding hydrogens is 258 g/mol. The smallest absolute Gasteiger partial charge is 0.114 e. The maximum Gasteiger partial charge on any atom is 0.114 e. The van der Waals surface area contributed by atoms with Crippen molar-refractivity contribution in [1.82, 2.24) is 9.55 Å². The predicted molar refractivity (Wildman–Crippen MR) is 81.7 cm³/mol. The molecule has 0 spiro atoms. The Kier molecular flexibility index (Phi) is 4.48. The number of hydrogen-bond donors (Lipinski definition) is 1. The summed E-state index contributed by atoms with van der Waals surface area (Å²) in [4.78, 5) is 4.77. The van der Waals surface area contributed by atoms with Gasteiger partial charge in [-0.05, 0) is 31.4 Å². The standard InChI is InChI=1S/C15H22ClN3/c1-4-19-14-12(16)6-5-7-13(14)18-15(19)11(9-17)8-10(2)3/h5-7,10-11H,4,8-9,17H2,1-3H3. The topological polar surface area (TPSA) is 43.8 Å². The van der Waals surface area contributed by atoms with Gasteiger partial charge in [0.1, 0.15) is 5.82 Å². The van der Waals surface area contributed by atoms with Gasteiger partial charge in [0.05, 0.1) is 16.1 Å². The average Bonchev–Trinajstić information content (AvgIpc) is 2.75. The maximum atomic E-state index is 6.32. The lowest BCUT2D eigenvalue weighted by Crippen LogP contribution is -2.19. The van der Waals surface area contributed by atoms with Crippen LogP contribution in [0, 0.1) is 5.92 Å². The molecule has 0 saturated heterocycles. The molecule has 19 heavy (non-hydrogen) atoms. The van der Waals surface area contributed by atoms with Crippen LogP contribution in [0.4, 0.5) is 0 Å². The number of para-hydroxylation sites is 1. The number of fused-ring (bicyclic) bond motifs is 1. The summed E-state index contributed by atoms with van der Waals surface area (Å²) < 4.78 is 2.21. The molecule has 2 N–H and O–H groups in total. The van der Waals surface area contributed by atoms with Crippen molar-refractivity contribution >= 4 is 22.6 Å². The van der Waals surface area contributed by atoms with Gasteiger partial charge in [0.15, 0.2) is 0 Å². The molecule has 3 nitrogen and oxygen atoms in total. The van der Waals surface area contributed by atoms with E-state index in [4.69, 9.17) is 22.3 Å². The number of imidazole rings is 1. The Morgan fingerprint density at radius 3 is 2.68 bits per heavy atom. The molecule has 0 saturated carbocycles. The Morgan fingerprint density at radius 2 is 2.11 bits per heavy atom. The number of aryl methyl sites for hydroxylation is 1. The molecule has 0 aliphatic rings. The molecule has 0 aliphatic carbocycles. The van der Waals surface area contributed by atoms with Gasteiger partial charge in [0.2, 0.25) is 0 Å². The molecule has 0 amide bonds. The molecule has 0 radical (unpaired) electrons. The van der Waals surface area contributed by atoms with Crippen LogP contribution in [-0.2, 0) is 6.54 Å². The number of nitrogens with zero attached hydrogens (tertiary/aromatic N) is 2. The highest BCUT2D eigenvalue weighted by molar-refractivity contribution is 6.35. The van der Waals surface area contributed by atoms with Gasteiger partial charge in [-0.1, -0.05) is 31.5 Å². The van der Waals surface area contributed by atoms with Gasteiger partial charge >= 0.3 is 0 Å². The van der Waals surface area contributed by atoms with Crippen LogP contribution in [0.15, 0.2) is 18.2 Å². The van der Waals surface area contributed by atoms with Crippen LogP contribution in [0.25, 0.3) is 11.0 Å². The lowest BCUT2D eigenvalue weighted by atomic mass is 9.96. The normalized spacial score (nSPS) is 13.4. The summed E-state index contributed by atoms with van der Waals surface area (Å²) in [7, 11) is 0. The Labute approximate surface area is 119 Å². The molecule has 0 bridgehead atoms. The van der Waals surface area contributed by atoms with E-state index in [1.807, 2.05) is 18.2 Å². The van der Waals surface area contributed by atoms with Crippen molar-refractivity contribution in [2.75, 3.05) is 6.54 Å². The largest absolute Gasteiger partial charge is 0.330 e. The second kappa shape index (κ2) is 5.93. The van der Waals surface area contributed by atoms with Crippen molar-refractivity contribution in [3.05, 3.63) is 29.0 Å². The first kappa shape index (κ1) is 14.4. The summed E-state index contributed by atoms with van der Waals surface area (Å²) in [5.41, 5.74) is 7.95. The molecule has 0 aliphatic heterocycles. The molecule has 1 aromatic heterocycles. The van der Waals surface area contributed by atoms with Crippen LogP contribution >= 0.6 is 11.6 Å². The van der Waals surface area contributed by atoms with E-state index >= 15 is 0 Å². The van der Waals surface area contributed by atoms with Crippen molar-refractivity contribution in [2.24, 2.45) is 11.7 Å². The van der Waals surface area contributed by atoms with Crippen LogP contribution in [-0.4, -0.2) is 16.1 Å². The summed E-state index contributed by atoms with van der Waals surface area (Å²) in [5.74, 6) is 1.97. The molecule has 104 valence electrons. The predicted octanol–water partition coefficient (Wildman–Crippen LogP) is 3.80. The SMILES string of the molecule is CCn1c(C(CN)CC(C)C)nc2cccc(Cl)c21. The molecular formula is C15H22ClN3. The van der Waals surface area contributed by atoms with Gasteiger partial charge in [-0.3, -0.25) is 0 Å². The van der Waals surface area contributed by atoms with Crippen LogP contribution < -0.4 is 5.73 Å². The third-order valence-electron chi connectivity index (χ3n) is 3.47. The van der Waals surface area contributed by atoms with E-state index in [0.29, 0.717) is 18.4 Å². The van der Waals surface area contributed by atoms with Gasteiger partial charge in [0, 0.05) is 19.0 Å². The highest BCUT2D eigenvalue weighted by Crippen LogP contribution is 2.30. The number of aromatic nitrogens is 2. The summed E-state index contributed by atoms with van der Waals surface area (Å²) in [6, 6.07) is 5.88. The third-order valence-corrected chi connectivity index (χ3v) is 3.77. The Bertz CT molecular complexity index is 560. The Hall–Kier alpha value is -1.06. The fourth-order valence-corrected chi connectivity index (χ4v) is 2.94. The highest BCUT2D eigenvalue weighted by atomic mass is 35.5. The lowest BCUT2D eigenvalue weighted by Gasteiger charge is -2.18. The zero-order valence-electron chi connectivity index (χ0n) is 11.9. The van der Waals surface area contributed by atoms with E-state index in [-0.39, 0.29) is 0 Å². The van der Waals surface area contributed by atoms with Crippen LogP contribution in [0.3, 0.4) is 0 Å². The quantitative estimate of drug-likeness (QED) is 0.905. The number of hydrogen-bond acceptors (Lipinski definition) is 2. The van der Waals surface area contributed by atoms with E-state index in [2.05, 4.69) is 25.3 Å². The third kappa shape index (κ3) is 2.77. The minimum Gasteiger partial charge on any atom is -0.330 e. The molecule has 1 atom stereocenters. The zero-order valence-corrected chi connectivity index (χ0v) is 12.6. The molecule has 0 fully saturated rings. The average molecular weight is 280 g/mol. The van der Waals surface area contributed by atoms with E-state index in [9.17, 15) is 0 Å². The van der Waals surface area contributed by atoms with Gasteiger partial charge in [-0.15, -0.1) is 0 Å². The van der Waals surface area contributed by atoms with Gasteiger partial charge in [-0.25, -0.2) is 4.98 Å². The first-order valence-corrected chi connectivity index (χ1v) is 7.31. The summed E-state index contributed by atoms with van der Waals surface area (Å²) in [5, 5.41) is 0.762. The van der Waals surface area contributed by atoms with E-state index < -0.39 is 0 Å². The van der Waals surface area contributed by atoms with Crippen molar-refractivity contribution in [1.29, 1.82) is 0 Å². The first-order chi connectivity index (χ1) is 9.08. The fourth-order valence-electron chi connectivity index (χ4n) is 2.67. The summed E-state index contributed by atoms with van der Waals surface area (Å²) in [6.45, 7) is 8.04. The Balaban J connectivity index is 2.56. The van der Waals surface area contributed by atoms with Crippen molar-refractivity contribution < 1.29 is 0 Å². The van der Waals surface area contributed by atoms with Gasteiger partial charge in [-0.2, -0.15) is 0 Å². The molecule has 1 aromatic carbocycles. The second-order valence-electron chi connectivity index (χ2n) is 5.38. The summed E-state index contributed by atoms with van der Waals surface area (Å²) >= 11 is 6.32. The van der Waals surface area contributed by atoms with Crippen LogP contribution in [0.5, 0.6) is 0 Å².